The summed E-state index contributed by atoms with van der Waals surface area (Å²) in [5.74, 6) is -3.15. The van der Waals surface area contributed by atoms with Crippen molar-refractivity contribution in [1.29, 1.82) is 0 Å². The number of hydrogen-bond donors (Lipinski definition) is 0. The molecule has 0 spiro atoms. The van der Waals surface area contributed by atoms with Crippen molar-refractivity contribution >= 4 is 23.9 Å². The lowest BCUT2D eigenvalue weighted by Gasteiger charge is -2.17. The summed E-state index contributed by atoms with van der Waals surface area (Å²) in [5, 5.41) is 0. The van der Waals surface area contributed by atoms with Crippen LogP contribution >= 0.6 is 0 Å². The van der Waals surface area contributed by atoms with Crippen LogP contribution in [-0.2, 0) is 38.1 Å². The number of ether oxygens (including phenoxy) is 4. The molecule has 0 saturated heterocycles. The Morgan fingerprint density at radius 2 is 1.04 bits per heavy atom. The predicted molar refractivity (Wildman–Crippen MR) is 101 cm³/mol. The first-order valence-corrected chi connectivity index (χ1v) is 8.92. The molecule has 28 heavy (non-hydrogen) atoms. The molecule has 0 fully saturated rings. The van der Waals surface area contributed by atoms with E-state index in [-0.39, 0.29) is 11.1 Å². The third kappa shape index (κ3) is 10.9. The quantitative estimate of drug-likeness (QED) is 0.281. The Bertz CT molecular complexity index is 578. The first kappa shape index (κ1) is 25.1. The lowest BCUT2D eigenvalue weighted by atomic mass is 10.3. The summed E-state index contributed by atoms with van der Waals surface area (Å²) in [7, 11) is 0. The summed E-state index contributed by atoms with van der Waals surface area (Å²) in [6.07, 6.45) is 1.27. The molecule has 0 saturated carbocycles. The molecule has 0 heterocycles. The maximum absolute atomic E-state index is 11.8. The normalized spacial score (nSPS) is 12.6. The van der Waals surface area contributed by atoms with E-state index in [1.165, 1.54) is 13.8 Å². The number of esters is 4. The van der Waals surface area contributed by atoms with Crippen LogP contribution in [0.25, 0.3) is 0 Å². The molecule has 0 N–H and O–H groups in total. The van der Waals surface area contributed by atoms with Crippen LogP contribution in [0.1, 0.15) is 53.4 Å². The highest BCUT2D eigenvalue weighted by molar-refractivity contribution is 5.92. The van der Waals surface area contributed by atoms with E-state index in [1.54, 1.807) is 0 Å². The lowest BCUT2D eigenvalue weighted by Crippen LogP contribution is -2.25. The van der Waals surface area contributed by atoms with E-state index in [1.807, 2.05) is 13.8 Å². The van der Waals surface area contributed by atoms with Gasteiger partial charge in [0.15, 0.2) is 0 Å². The van der Waals surface area contributed by atoms with Gasteiger partial charge in [-0.1, -0.05) is 27.0 Å². The van der Waals surface area contributed by atoms with Crippen molar-refractivity contribution in [1.82, 2.24) is 0 Å². The third-order valence-corrected chi connectivity index (χ3v) is 3.07. The molecule has 0 aromatic carbocycles. The molecule has 0 amide bonds. The molecule has 2 unspecified atom stereocenters. The van der Waals surface area contributed by atoms with Crippen LogP contribution in [0.4, 0.5) is 0 Å². The molecule has 8 nitrogen and oxygen atoms in total. The number of carbonyl (C=O) groups excluding carboxylic acids is 4. The smallest absolute Gasteiger partial charge is 0.336 e. The minimum Gasteiger partial charge on any atom is -0.422 e. The summed E-state index contributed by atoms with van der Waals surface area (Å²) in [6.45, 7) is 13.5. The first-order valence-electron chi connectivity index (χ1n) is 8.92. The Labute approximate surface area is 165 Å². The van der Waals surface area contributed by atoms with Gasteiger partial charge in [0.25, 0.3) is 0 Å². The van der Waals surface area contributed by atoms with Gasteiger partial charge < -0.3 is 18.9 Å². The molecule has 0 rings (SSSR count). The van der Waals surface area contributed by atoms with E-state index in [0.717, 1.165) is 12.2 Å². The van der Waals surface area contributed by atoms with Gasteiger partial charge in [0.1, 0.15) is 0 Å². The van der Waals surface area contributed by atoms with Crippen LogP contribution in [0.2, 0.25) is 0 Å². The van der Waals surface area contributed by atoms with E-state index in [0.29, 0.717) is 25.7 Å². The zero-order chi connectivity index (χ0) is 21.7. The SMILES string of the molecule is C=C(C)C(=O)OC(CCC)OC(=O)/C=C\C(=O)OC(CCC)OC(=O)C(=C)C. The van der Waals surface area contributed by atoms with Gasteiger partial charge in [-0.2, -0.15) is 0 Å². The van der Waals surface area contributed by atoms with E-state index in [2.05, 4.69) is 13.2 Å². The predicted octanol–water partition coefficient (Wildman–Crippen LogP) is 3.12. The van der Waals surface area contributed by atoms with Gasteiger partial charge in [-0.3, -0.25) is 0 Å². The van der Waals surface area contributed by atoms with Gasteiger partial charge in [0.05, 0.1) is 0 Å². The van der Waals surface area contributed by atoms with Crippen LogP contribution in [0.15, 0.2) is 36.5 Å². The monoisotopic (exact) mass is 396 g/mol. The van der Waals surface area contributed by atoms with Gasteiger partial charge in [-0.15, -0.1) is 0 Å². The standard InChI is InChI=1S/C20H28O8/c1-7-9-17(27-19(23)13(3)4)25-15(21)11-12-16(22)26-18(10-8-2)28-20(24)14(5)6/h11-12,17-18H,3,5,7-10H2,1-2,4,6H3/b12-11-. The second-order valence-corrected chi connectivity index (χ2v) is 6.01. The second kappa shape index (κ2) is 13.3. The second-order valence-electron chi connectivity index (χ2n) is 6.01. The summed E-state index contributed by atoms with van der Waals surface area (Å²) >= 11 is 0. The van der Waals surface area contributed by atoms with Gasteiger partial charge >= 0.3 is 23.9 Å². The van der Waals surface area contributed by atoms with Gasteiger partial charge in [0, 0.05) is 36.1 Å². The first-order chi connectivity index (χ1) is 13.1. The van der Waals surface area contributed by atoms with Crippen molar-refractivity contribution < 1.29 is 38.1 Å². The maximum atomic E-state index is 11.8. The fourth-order valence-corrected chi connectivity index (χ4v) is 1.67. The number of rotatable bonds is 12. The molecule has 0 aromatic heterocycles. The molecule has 0 aliphatic heterocycles. The molecule has 0 aromatic rings. The summed E-state index contributed by atoms with van der Waals surface area (Å²) in [6, 6.07) is 0. The average Bonchev–Trinajstić information content (AvgIpc) is 2.60. The van der Waals surface area contributed by atoms with Crippen LogP contribution < -0.4 is 0 Å². The van der Waals surface area contributed by atoms with E-state index in [9.17, 15) is 19.2 Å². The Hall–Kier alpha value is -2.90. The molecular formula is C20H28O8. The van der Waals surface area contributed by atoms with Crippen molar-refractivity contribution in [2.45, 2.75) is 66.0 Å². The lowest BCUT2D eigenvalue weighted by molar-refractivity contribution is -0.185. The minimum absolute atomic E-state index is 0.169. The van der Waals surface area contributed by atoms with Gasteiger partial charge in [-0.05, 0) is 26.7 Å². The summed E-state index contributed by atoms with van der Waals surface area (Å²) in [5.41, 5.74) is 0.338. The molecule has 156 valence electrons. The summed E-state index contributed by atoms with van der Waals surface area (Å²) in [4.78, 5) is 46.8. The van der Waals surface area contributed by atoms with Crippen molar-refractivity contribution in [3.63, 3.8) is 0 Å². The van der Waals surface area contributed by atoms with E-state index in [4.69, 9.17) is 18.9 Å². The van der Waals surface area contributed by atoms with Crippen LogP contribution in [0.5, 0.6) is 0 Å². The highest BCUT2D eigenvalue weighted by Crippen LogP contribution is 2.10. The Morgan fingerprint density at radius 1 is 0.714 bits per heavy atom. The Kier molecular flexibility index (Phi) is 11.9. The number of carbonyl (C=O) groups is 4. The van der Waals surface area contributed by atoms with Crippen molar-refractivity contribution in [3.05, 3.63) is 36.5 Å². The van der Waals surface area contributed by atoms with Crippen LogP contribution in [0.3, 0.4) is 0 Å². The molecule has 0 bridgehead atoms. The molecule has 8 heteroatoms. The van der Waals surface area contributed by atoms with Crippen LogP contribution in [-0.4, -0.2) is 36.5 Å². The van der Waals surface area contributed by atoms with Crippen molar-refractivity contribution in [3.8, 4) is 0 Å². The van der Waals surface area contributed by atoms with E-state index >= 15 is 0 Å². The van der Waals surface area contributed by atoms with Crippen molar-refractivity contribution in [2.75, 3.05) is 0 Å². The fourth-order valence-electron chi connectivity index (χ4n) is 1.67. The average molecular weight is 396 g/mol. The fraction of sp³-hybridized carbons (Fsp3) is 0.500. The molecule has 0 aliphatic carbocycles. The number of hydrogen-bond acceptors (Lipinski definition) is 8. The minimum atomic E-state index is -1.09. The molecule has 0 aliphatic rings. The molecule has 2 atom stereocenters. The largest absolute Gasteiger partial charge is 0.422 e. The zero-order valence-electron chi connectivity index (χ0n) is 16.8. The summed E-state index contributed by atoms with van der Waals surface area (Å²) < 4.78 is 20.0. The Balaban J connectivity index is 4.75. The topological polar surface area (TPSA) is 105 Å². The van der Waals surface area contributed by atoms with Gasteiger partial charge in [-0.25, -0.2) is 19.2 Å². The van der Waals surface area contributed by atoms with E-state index < -0.39 is 36.5 Å². The maximum Gasteiger partial charge on any atom is 0.336 e. The highest BCUT2D eigenvalue weighted by Gasteiger charge is 2.19. The van der Waals surface area contributed by atoms with Crippen molar-refractivity contribution in [2.24, 2.45) is 0 Å². The Morgan fingerprint density at radius 3 is 1.29 bits per heavy atom. The zero-order valence-corrected chi connectivity index (χ0v) is 16.8. The molecule has 0 radical (unpaired) electrons. The third-order valence-electron chi connectivity index (χ3n) is 3.07. The van der Waals surface area contributed by atoms with Crippen LogP contribution in [0, 0.1) is 0 Å². The molecular weight excluding hydrogens is 368 g/mol. The highest BCUT2D eigenvalue weighted by atomic mass is 16.7. The van der Waals surface area contributed by atoms with Gasteiger partial charge in [0.2, 0.25) is 12.6 Å².